The first-order chi connectivity index (χ1) is 5.75. The number of aromatic amines is 1. The summed E-state index contributed by atoms with van der Waals surface area (Å²) in [6.07, 6.45) is 3.95. The molecule has 0 radical (unpaired) electrons. The van der Waals surface area contributed by atoms with E-state index in [0.717, 1.165) is 14.3 Å². The zero-order chi connectivity index (χ0) is 8.55. The lowest BCUT2D eigenvalue weighted by molar-refractivity contribution is 0.823. The minimum atomic E-state index is 0.917. The Bertz CT molecular complexity index is 341. The third-order valence-corrected chi connectivity index (χ3v) is 3.15. The molecule has 12 heavy (non-hydrogen) atoms. The molecule has 1 aliphatic rings. The third-order valence-electron chi connectivity index (χ3n) is 2.16. The molecule has 1 heterocycles. The van der Waals surface area contributed by atoms with Gasteiger partial charge in [0.2, 0.25) is 0 Å². The maximum Gasteiger partial charge on any atom is 0.107 e. The second-order valence-electron chi connectivity index (χ2n) is 3.31. The number of pyridine rings is 1. The van der Waals surface area contributed by atoms with E-state index in [0.29, 0.717) is 0 Å². The average Bonchev–Trinajstić information content (AvgIpc) is 2.79. The molecule has 1 aromatic heterocycles. The maximum atomic E-state index is 5.23. The summed E-state index contributed by atoms with van der Waals surface area (Å²) in [6, 6.07) is 4.24. The van der Waals surface area contributed by atoms with Gasteiger partial charge in [-0.2, -0.15) is 0 Å². The van der Waals surface area contributed by atoms with Crippen molar-refractivity contribution in [2.45, 2.75) is 19.3 Å². The van der Waals surface area contributed by atoms with Crippen LogP contribution in [0.5, 0.6) is 0 Å². The van der Waals surface area contributed by atoms with Crippen LogP contribution in [-0.4, -0.2) is 4.98 Å². The molecule has 1 fully saturated rings. The van der Waals surface area contributed by atoms with E-state index >= 15 is 0 Å². The van der Waals surface area contributed by atoms with Crippen molar-refractivity contribution < 1.29 is 0 Å². The molecule has 1 aliphatic carbocycles. The van der Waals surface area contributed by atoms with Gasteiger partial charge < -0.3 is 4.98 Å². The fraction of sp³-hybridized carbons (Fsp3) is 0.444. The van der Waals surface area contributed by atoms with E-state index in [1.165, 1.54) is 24.8 Å². The molecule has 64 valence electrons. The van der Waals surface area contributed by atoms with E-state index in [-0.39, 0.29) is 0 Å². The number of H-pyrrole nitrogens is 1. The summed E-state index contributed by atoms with van der Waals surface area (Å²) in [6.45, 7) is 0. The summed E-state index contributed by atoms with van der Waals surface area (Å²) in [5, 5.41) is 0. The first-order valence-electron chi connectivity index (χ1n) is 4.13. The number of hydrogen-bond donors (Lipinski definition) is 1. The molecule has 1 nitrogen and oxygen atoms in total. The normalized spacial score (nSPS) is 16.4. The van der Waals surface area contributed by atoms with Crippen LogP contribution in [0, 0.1) is 14.3 Å². The van der Waals surface area contributed by atoms with Gasteiger partial charge in [-0.3, -0.25) is 0 Å². The highest BCUT2D eigenvalue weighted by atomic mass is 127. The first kappa shape index (κ1) is 8.69. The van der Waals surface area contributed by atoms with Gasteiger partial charge in [0.15, 0.2) is 0 Å². The summed E-state index contributed by atoms with van der Waals surface area (Å²) in [4.78, 5) is 3.17. The van der Waals surface area contributed by atoms with Crippen LogP contribution in [0.2, 0.25) is 0 Å². The summed E-state index contributed by atoms with van der Waals surface area (Å²) < 4.78 is 2.05. The molecule has 0 spiro atoms. The SMILES string of the molecule is S=c1[nH]c(I)ccc1CC1CC1. The monoisotopic (exact) mass is 291 g/mol. The highest BCUT2D eigenvalue weighted by Gasteiger charge is 2.21. The Morgan fingerprint density at radius 3 is 2.83 bits per heavy atom. The van der Waals surface area contributed by atoms with E-state index in [9.17, 15) is 0 Å². The number of hydrogen-bond acceptors (Lipinski definition) is 1. The number of nitrogens with one attached hydrogen (secondary N) is 1. The van der Waals surface area contributed by atoms with Crippen LogP contribution in [0.3, 0.4) is 0 Å². The quantitative estimate of drug-likeness (QED) is 0.502. The second kappa shape index (κ2) is 3.46. The fourth-order valence-electron chi connectivity index (χ4n) is 1.27. The number of halogens is 1. The maximum absolute atomic E-state index is 5.23. The largest absolute Gasteiger partial charge is 0.341 e. The Balaban J connectivity index is 2.24. The molecule has 3 heteroatoms. The minimum absolute atomic E-state index is 0.917. The minimum Gasteiger partial charge on any atom is -0.341 e. The van der Waals surface area contributed by atoms with Crippen molar-refractivity contribution in [1.29, 1.82) is 0 Å². The van der Waals surface area contributed by atoms with E-state index in [2.05, 4.69) is 39.7 Å². The van der Waals surface area contributed by atoms with Crippen molar-refractivity contribution >= 4 is 34.8 Å². The molecular weight excluding hydrogens is 281 g/mol. The van der Waals surface area contributed by atoms with Crippen molar-refractivity contribution in [3.8, 4) is 0 Å². The molecule has 0 amide bonds. The van der Waals surface area contributed by atoms with E-state index < -0.39 is 0 Å². The fourth-order valence-corrected chi connectivity index (χ4v) is 2.17. The highest BCUT2D eigenvalue weighted by Crippen LogP contribution is 2.32. The lowest BCUT2D eigenvalue weighted by Crippen LogP contribution is -1.91. The Morgan fingerprint density at radius 2 is 2.25 bits per heavy atom. The molecule has 0 atom stereocenters. The molecule has 0 saturated heterocycles. The van der Waals surface area contributed by atoms with Crippen molar-refractivity contribution in [3.05, 3.63) is 26.0 Å². The zero-order valence-electron chi connectivity index (χ0n) is 6.64. The van der Waals surface area contributed by atoms with Crippen molar-refractivity contribution in [1.82, 2.24) is 4.98 Å². The van der Waals surface area contributed by atoms with Crippen LogP contribution in [0.1, 0.15) is 18.4 Å². The lowest BCUT2D eigenvalue weighted by atomic mass is 10.1. The summed E-state index contributed by atoms with van der Waals surface area (Å²) in [7, 11) is 0. The predicted molar refractivity (Wildman–Crippen MR) is 60.8 cm³/mol. The number of rotatable bonds is 2. The number of aromatic nitrogens is 1. The van der Waals surface area contributed by atoms with Crippen molar-refractivity contribution in [2.75, 3.05) is 0 Å². The summed E-state index contributed by atoms with van der Waals surface area (Å²) in [5.41, 5.74) is 1.31. The van der Waals surface area contributed by atoms with Gasteiger partial charge in [-0.05, 0) is 59.4 Å². The molecule has 1 saturated carbocycles. The molecular formula is C9H10INS. The third kappa shape index (κ3) is 2.07. The van der Waals surface area contributed by atoms with Gasteiger partial charge in [0.25, 0.3) is 0 Å². The molecule has 0 aromatic carbocycles. The topological polar surface area (TPSA) is 15.8 Å². The molecule has 0 unspecified atom stereocenters. The highest BCUT2D eigenvalue weighted by molar-refractivity contribution is 14.1. The second-order valence-corrected chi connectivity index (χ2v) is 4.88. The van der Waals surface area contributed by atoms with E-state index in [1.54, 1.807) is 0 Å². The van der Waals surface area contributed by atoms with Gasteiger partial charge in [-0.15, -0.1) is 0 Å². The first-order valence-corrected chi connectivity index (χ1v) is 5.62. The Labute approximate surface area is 90.7 Å². The van der Waals surface area contributed by atoms with E-state index in [4.69, 9.17) is 12.2 Å². The van der Waals surface area contributed by atoms with Crippen molar-refractivity contribution in [3.63, 3.8) is 0 Å². The lowest BCUT2D eigenvalue weighted by Gasteiger charge is -1.99. The van der Waals surface area contributed by atoms with Gasteiger partial charge in [-0.25, -0.2) is 0 Å². The van der Waals surface area contributed by atoms with Crippen LogP contribution in [-0.2, 0) is 6.42 Å². The predicted octanol–water partition coefficient (Wildman–Crippen LogP) is 3.30. The van der Waals surface area contributed by atoms with E-state index in [1.807, 2.05) is 0 Å². The molecule has 0 aliphatic heterocycles. The van der Waals surface area contributed by atoms with Gasteiger partial charge in [0.05, 0.1) is 3.70 Å². The van der Waals surface area contributed by atoms with Gasteiger partial charge in [0.1, 0.15) is 4.64 Å². The van der Waals surface area contributed by atoms with Gasteiger partial charge in [-0.1, -0.05) is 18.3 Å². The summed E-state index contributed by atoms with van der Waals surface area (Å²) >= 11 is 7.47. The molecule has 1 N–H and O–H groups in total. The smallest absolute Gasteiger partial charge is 0.107 e. The molecule has 1 aromatic rings. The van der Waals surface area contributed by atoms with Gasteiger partial charge >= 0.3 is 0 Å². The van der Waals surface area contributed by atoms with Gasteiger partial charge in [0, 0.05) is 0 Å². The van der Waals surface area contributed by atoms with Crippen LogP contribution < -0.4 is 0 Å². The zero-order valence-corrected chi connectivity index (χ0v) is 9.61. The van der Waals surface area contributed by atoms with Crippen LogP contribution >= 0.6 is 34.8 Å². The molecule has 0 bridgehead atoms. The van der Waals surface area contributed by atoms with Crippen LogP contribution in [0.25, 0.3) is 0 Å². The average molecular weight is 291 g/mol. The Hall–Kier alpha value is 0.100. The Kier molecular flexibility index (Phi) is 2.50. The molecule has 2 rings (SSSR count). The van der Waals surface area contributed by atoms with Crippen LogP contribution in [0.15, 0.2) is 12.1 Å². The summed E-state index contributed by atoms with van der Waals surface area (Å²) in [5.74, 6) is 0.917. The van der Waals surface area contributed by atoms with Crippen LogP contribution in [0.4, 0.5) is 0 Å². The standard InChI is InChI=1S/C9H10INS/c10-8-4-3-7(9(12)11-8)5-6-1-2-6/h3-4,6H,1-2,5H2,(H,11,12). The van der Waals surface area contributed by atoms with Crippen molar-refractivity contribution in [2.24, 2.45) is 5.92 Å². The Morgan fingerprint density at radius 1 is 1.50 bits per heavy atom.